The Bertz CT molecular complexity index is 330. The lowest BCUT2D eigenvalue weighted by molar-refractivity contribution is 0.231. The average molecular weight is 199 g/mol. The van der Waals surface area contributed by atoms with Crippen molar-refractivity contribution in [1.82, 2.24) is 5.32 Å². The molecule has 1 aromatic rings. The van der Waals surface area contributed by atoms with Crippen LogP contribution in [0.15, 0.2) is 18.2 Å². The first kappa shape index (κ1) is 9.55. The van der Waals surface area contributed by atoms with E-state index in [9.17, 15) is 8.78 Å². The maximum atomic E-state index is 13.3. The molecule has 0 heterocycles. The Morgan fingerprint density at radius 1 is 1.29 bits per heavy atom. The molecule has 1 saturated carbocycles. The Balaban J connectivity index is 2.40. The molecule has 0 saturated heterocycles. The van der Waals surface area contributed by atoms with Crippen LogP contribution in [0.2, 0.25) is 0 Å². The Morgan fingerprint density at radius 3 is 2.29 bits per heavy atom. The third kappa shape index (κ3) is 1.40. The van der Waals surface area contributed by atoms with Gasteiger partial charge in [-0.2, -0.15) is 0 Å². The third-order valence-electron chi connectivity index (χ3n) is 2.61. The van der Waals surface area contributed by atoms with Crippen LogP contribution in [0.5, 0.6) is 0 Å². The van der Waals surface area contributed by atoms with Crippen LogP contribution in [0.1, 0.15) is 18.4 Å². The predicted octanol–water partition coefficient (Wildman–Crippen LogP) is 1.49. The van der Waals surface area contributed by atoms with Gasteiger partial charge in [-0.15, -0.1) is 0 Å². The van der Waals surface area contributed by atoms with E-state index in [0.717, 1.165) is 0 Å². The summed E-state index contributed by atoms with van der Waals surface area (Å²) >= 11 is 0. The van der Waals surface area contributed by atoms with Crippen LogP contribution in [0.4, 0.5) is 8.78 Å². The van der Waals surface area contributed by atoms with Crippen molar-refractivity contribution < 1.29 is 13.9 Å². The summed E-state index contributed by atoms with van der Waals surface area (Å²) in [6, 6.07) is 3.80. The van der Waals surface area contributed by atoms with Gasteiger partial charge in [-0.3, -0.25) is 5.32 Å². The molecule has 2 nitrogen and oxygen atoms in total. The van der Waals surface area contributed by atoms with Crippen LogP contribution < -0.4 is 5.32 Å². The van der Waals surface area contributed by atoms with Crippen molar-refractivity contribution in [2.75, 3.05) is 6.73 Å². The van der Waals surface area contributed by atoms with E-state index in [2.05, 4.69) is 5.32 Å². The molecular formula is C10H11F2NO. The van der Waals surface area contributed by atoms with E-state index in [-0.39, 0.29) is 12.3 Å². The van der Waals surface area contributed by atoms with E-state index in [1.54, 1.807) is 0 Å². The second-order valence-electron chi connectivity index (χ2n) is 3.51. The van der Waals surface area contributed by atoms with Gasteiger partial charge in [0, 0.05) is 5.56 Å². The quantitative estimate of drug-likeness (QED) is 0.723. The first-order chi connectivity index (χ1) is 6.69. The second-order valence-corrected chi connectivity index (χ2v) is 3.51. The zero-order chi connectivity index (χ0) is 10.2. The molecule has 2 N–H and O–H groups in total. The lowest BCUT2D eigenvalue weighted by atomic mass is 10.0. The molecule has 0 radical (unpaired) electrons. The molecule has 2 rings (SSSR count). The van der Waals surface area contributed by atoms with Gasteiger partial charge in [-0.1, -0.05) is 6.07 Å². The van der Waals surface area contributed by atoms with Gasteiger partial charge in [0.2, 0.25) is 0 Å². The molecule has 1 aromatic carbocycles. The number of hydrogen-bond donors (Lipinski definition) is 2. The molecule has 0 unspecified atom stereocenters. The second kappa shape index (κ2) is 3.29. The lowest BCUT2D eigenvalue weighted by Gasteiger charge is -2.17. The average Bonchev–Trinajstić information content (AvgIpc) is 2.86. The highest BCUT2D eigenvalue weighted by Crippen LogP contribution is 2.47. The van der Waals surface area contributed by atoms with Gasteiger partial charge >= 0.3 is 0 Å². The van der Waals surface area contributed by atoms with Crippen molar-refractivity contribution in [3.63, 3.8) is 0 Å². The molecule has 1 aliphatic rings. The first-order valence-electron chi connectivity index (χ1n) is 4.50. The van der Waals surface area contributed by atoms with Crippen molar-refractivity contribution >= 4 is 0 Å². The van der Waals surface area contributed by atoms with Crippen molar-refractivity contribution in [3.05, 3.63) is 35.4 Å². The minimum absolute atomic E-state index is 0.0500. The molecule has 0 aliphatic heterocycles. The fraction of sp³-hybridized carbons (Fsp3) is 0.400. The smallest absolute Gasteiger partial charge is 0.131 e. The summed E-state index contributed by atoms with van der Waals surface area (Å²) in [6.07, 6.45) is 1.32. The van der Waals surface area contributed by atoms with E-state index >= 15 is 0 Å². The molecule has 76 valence electrons. The van der Waals surface area contributed by atoms with Gasteiger partial charge in [0.1, 0.15) is 11.6 Å². The van der Waals surface area contributed by atoms with Gasteiger partial charge < -0.3 is 5.11 Å². The summed E-state index contributed by atoms with van der Waals surface area (Å²) in [5, 5.41) is 11.4. The largest absolute Gasteiger partial charge is 0.381 e. The number of halogens is 2. The number of nitrogens with one attached hydrogen (secondary N) is 1. The number of aliphatic hydroxyl groups excluding tert-OH is 1. The fourth-order valence-corrected chi connectivity index (χ4v) is 1.75. The van der Waals surface area contributed by atoms with Crippen molar-refractivity contribution in [2.45, 2.75) is 18.4 Å². The molecule has 0 atom stereocenters. The molecule has 0 aromatic heterocycles. The van der Waals surface area contributed by atoms with Crippen LogP contribution in [0, 0.1) is 11.6 Å². The topological polar surface area (TPSA) is 32.3 Å². The highest BCUT2D eigenvalue weighted by atomic mass is 19.1. The Labute approximate surface area is 80.6 Å². The normalized spacial score (nSPS) is 18.2. The molecule has 14 heavy (non-hydrogen) atoms. The standard InChI is InChI=1S/C10H11F2NO/c11-7-2-1-3-8(12)9(7)10(4-5-10)13-6-14/h1-3,13-14H,4-6H2. The minimum atomic E-state index is -0.676. The highest BCUT2D eigenvalue weighted by Gasteiger charge is 2.47. The van der Waals surface area contributed by atoms with E-state index < -0.39 is 17.2 Å². The summed E-state index contributed by atoms with van der Waals surface area (Å²) < 4.78 is 26.7. The number of hydrogen-bond acceptors (Lipinski definition) is 2. The summed E-state index contributed by atoms with van der Waals surface area (Å²) in [6.45, 7) is -0.270. The van der Waals surface area contributed by atoms with Crippen molar-refractivity contribution in [2.24, 2.45) is 0 Å². The molecule has 0 amide bonds. The van der Waals surface area contributed by atoms with Crippen LogP contribution in [0.25, 0.3) is 0 Å². The number of aliphatic hydroxyl groups is 1. The van der Waals surface area contributed by atoms with Gasteiger partial charge in [0.05, 0.1) is 12.3 Å². The molecule has 0 bridgehead atoms. The minimum Gasteiger partial charge on any atom is -0.381 e. The van der Waals surface area contributed by atoms with Crippen LogP contribution in [-0.2, 0) is 5.54 Å². The molecule has 1 fully saturated rings. The zero-order valence-electron chi connectivity index (χ0n) is 7.56. The first-order valence-corrected chi connectivity index (χ1v) is 4.50. The summed E-state index contributed by atoms with van der Waals surface area (Å²) in [7, 11) is 0. The summed E-state index contributed by atoms with van der Waals surface area (Å²) in [5.41, 5.74) is -0.626. The monoisotopic (exact) mass is 199 g/mol. The highest BCUT2D eigenvalue weighted by molar-refractivity contribution is 5.32. The molecule has 0 spiro atoms. The maximum absolute atomic E-state index is 13.3. The zero-order valence-corrected chi connectivity index (χ0v) is 7.56. The van der Waals surface area contributed by atoms with E-state index in [1.165, 1.54) is 18.2 Å². The fourth-order valence-electron chi connectivity index (χ4n) is 1.75. The van der Waals surface area contributed by atoms with Crippen molar-refractivity contribution in [1.29, 1.82) is 0 Å². The Hall–Kier alpha value is -1.00. The molecule has 4 heteroatoms. The Morgan fingerprint density at radius 2 is 1.86 bits per heavy atom. The summed E-state index contributed by atoms with van der Waals surface area (Å²) in [4.78, 5) is 0. The van der Waals surface area contributed by atoms with Gasteiger partial charge in [-0.25, -0.2) is 8.78 Å². The SMILES string of the molecule is OCNC1(c2c(F)cccc2F)CC1. The predicted molar refractivity (Wildman–Crippen MR) is 47.5 cm³/mol. The Kier molecular flexibility index (Phi) is 2.25. The number of benzene rings is 1. The third-order valence-corrected chi connectivity index (χ3v) is 2.61. The van der Waals surface area contributed by atoms with Crippen LogP contribution in [-0.4, -0.2) is 11.8 Å². The van der Waals surface area contributed by atoms with Crippen molar-refractivity contribution in [3.8, 4) is 0 Å². The van der Waals surface area contributed by atoms with Crippen LogP contribution >= 0.6 is 0 Å². The van der Waals surface area contributed by atoms with Gasteiger partial charge in [0.15, 0.2) is 0 Å². The van der Waals surface area contributed by atoms with Crippen LogP contribution in [0.3, 0.4) is 0 Å². The van der Waals surface area contributed by atoms with Gasteiger partial charge in [0.25, 0.3) is 0 Å². The van der Waals surface area contributed by atoms with Gasteiger partial charge in [-0.05, 0) is 25.0 Å². The number of rotatable bonds is 3. The lowest BCUT2D eigenvalue weighted by Crippen LogP contribution is -2.31. The molecule has 1 aliphatic carbocycles. The maximum Gasteiger partial charge on any atom is 0.131 e. The summed E-state index contributed by atoms with van der Waals surface area (Å²) in [5.74, 6) is -1.10. The van der Waals surface area contributed by atoms with E-state index in [0.29, 0.717) is 12.8 Å². The van der Waals surface area contributed by atoms with E-state index in [4.69, 9.17) is 5.11 Å². The van der Waals surface area contributed by atoms with E-state index in [1.807, 2.05) is 0 Å². The molecular weight excluding hydrogens is 188 g/mol.